The van der Waals surface area contributed by atoms with Crippen molar-refractivity contribution in [1.82, 2.24) is 9.88 Å². The second kappa shape index (κ2) is 6.57. The normalized spacial score (nSPS) is 20.8. The lowest BCUT2D eigenvalue weighted by Gasteiger charge is -2.50. The van der Waals surface area contributed by atoms with E-state index in [1.165, 1.54) is 30.5 Å². The SMILES string of the molecule is O=C(c1cccc(O)c1)N1CC2(C1)OCCC2COc1ncccc1F. The van der Waals surface area contributed by atoms with E-state index in [-0.39, 0.29) is 23.5 Å². The summed E-state index contributed by atoms with van der Waals surface area (Å²) in [5.74, 6) is -0.516. The number of hydrogen-bond donors (Lipinski definition) is 1. The van der Waals surface area contributed by atoms with Gasteiger partial charge in [0.05, 0.1) is 19.7 Å². The van der Waals surface area contributed by atoms with Gasteiger partial charge in [0, 0.05) is 24.3 Å². The van der Waals surface area contributed by atoms with Gasteiger partial charge in [-0.1, -0.05) is 6.07 Å². The van der Waals surface area contributed by atoms with Crippen molar-refractivity contribution in [2.75, 3.05) is 26.3 Å². The molecule has 26 heavy (non-hydrogen) atoms. The van der Waals surface area contributed by atoms with Crippen molar-refractivity contribution < 1.29 is 23.8 Å². The Hall–Kier alpha value is -2.67. The molecule has 4 rings (SSSR count). The lowest BCUT2D eigenvalue weighted by atomic mass is 9.81. The molecule has 2 aliphatic rings. The van der Waals surface area contributed by atoms with E-state index in [4.69, 9.17) is 9.47 Å². The molecule has 1 spiro atoms. The number of likely N-dealkylation sites (tertiary alicyclic amines) is 1. The van der Waals surface area contributed by atoms with E-state index in [9.17, 15) is 14.3 Å². The summed E-state index contributed by atoms with van der Waals surface area (Å²) >= 11 is 0. The quantitative estimate of drug-likeness (QED) is 0.908. The molecule has 1 atom stereocenters. The molecule has 1 aromatic heterocycles. The highest BCUT2D eigenvalue weighted by Crippen LogP contribution is 2.40. The fourth-order valence-corrected chi connectivity index (χ4v) is 3.59. The molecule has 136 valence electrons. The van der Waals surface area contributed by atoms with Crippen molar-refractivity contribution in [3.8, 4) is 11.6 Å². The summed E-state index contributed by atoms with van der Waals surface area (Å²) < 4.78 is 25.1. The summed E-state index contributed by atoms with van der Waals surface area (Å²) in [4.78, 5) is 18.1. The topological polar surface area (TPSA) is 71.9 Å². The molecule has 1 unspecified atom stereocenters. The highest BCUT2D eigenvalue weighted by Gasteiger charge is 2.54. The zero-order chi connectivity index (χ0) is 18.1. The minimum atomic E-state index is -0.491. The van der Waals surface area contributed by atoms with Gasteiger partial charge >= 0.3 is 0 Å². The molecule has 0 radical (unpaired) electrons. The zero-order valence-corrected chi connectivity index (χ0v) is 14.1. The van der Waals surface area contributed by atoms with E-state index >= 15 is 0 Å². The standard InChI is InChI=1S/C19H19FN2O4/c20-16-5-2-7-21-17(16)25-10-14-6-8-26-19(14)11-22(12-19)18(24)13-3-1-4-15(23)9-13/h1-5,7,9,14,23H,6,8,10-12H2. The molecule has 1 aromatic carbocycles. The number of pyridine rings is 1. The van der Waals surface area contributed by atoms with Crippen LogP contribution in [0, 0.1) is 11.7 Å². The number of aromatic hydroxyl groups is 1. The zero-order valence-electron chi connectivity index (χ0n) is 14.1. The van der Waals surface area contributed by atoms with Crippen LogP contribution in [-0.2, 0) is 4.74 Å². The van der Waals surface area contributed by atoms with Crippen LogP contribution in [0.1, 0.15) is 16.8 Å². The second-order valence-electron chi connectivity index (χ2n) is 6.71. The molecule has 7 heteroatoms. The average Bonchev–Trinajstić information content (AvgIpc) is 3.03. The molecular weight excluding hydrogens is 339 g/mol. The third kappa shape index (κ3) is 2.99. The van der Waals surface area contributed by atoms with Gasteiger partial charge in [-0.25, -0.2) is 9.37 Å². The molecule has 2 aromatic rings. The maximum atomic E-state index is 13.6. The van der Waals surface area contributed by atoms with E-state index in [0.29, 0.717) is 31.9 Å². The van der Waals surface area contributed by atoms with E-state index in [2.05, 4.69) is 4.98 Å². The largest absolute Gasteiger partial charge is 0.508 e. The fourth-order valence-electron chi connectivity index (χ4n) is 3.59. The summed E-state index contributed by atoms with van der Waals surface area (Å²) in [5, 5.41) is 9.53. The minimum Gasteiger partial charge on any atom is -0.508 e. The molecule has 2 saturated heterocycles. The Morgan fingerprint density at radius 3 is 3.00 bits per heavy atom. The number of hydrogen-bond acceptors (Lipinski definition) is 5. The van der Waals surface area contributed by atoms with E-state index < -0.39 is 11.4 Å². The molecular formula is C19H19FN2O4. The first kappa shape index (κ1) is 16.8. The van der Waals surface area contributed by atoms with Crippen LogP contribution < -0.4 is 4.74 Å². The third-order valence-electron chi connectivity index (χ3n) is 5.04. The van der Waals surface area contributed by atoms with Crippen LogP contribution >= 0.6 is 0 Å². The molecule has 0 aliphatic carbocycles. The predicted octanol–water partition coefficient (Wildman–Crippen LogP) is 2.24. The van der Waals surface area contributed by atoms with Crippen molar-refractivity contribution in [2.24, 2.45) is 5.92 Å². The van der Waals surface area contributed by atoms with Crippen molar-refractivity contribution in [2.45, 2.75) is 12.0 Å². The van der Waals surface area contributed by atoms with E-state index in [0.717, 1.165) is 6.42 Å². The average molecular weight is 358 g/mol. The first-order valence-electron chi connectivity index (χ1n) is 8.53. The van der Waals surface area contributed by atoms with Gasteiger partial charge in [0.15, 0.2) is 5.82 Å². The Kier molecular flexibility index (Phi) is 4.24. The van der Waals surface area contributed by atoms with Gasteiger partial charge in [-0.05, 0) is 36.8 Å². The molecule has 6 nitrogen and oxygen atoms in total. The number of rotatable bonds is 4. The van der Waals surface area contributed by atoms with Gasteiger partial charge < -0.3 is 19.5 Å². The van der Waals surface area contributed by atoms with Crippen molar-refractivity contribution in [1.29, 1.82) is 0 Å². The van der Waals surface area contributed by atoms with Gasteiger partial charge in [0.1, 0.15) is 11.4 Å². The van der Waals surface area contributed by atoms with Crippen LogP contribution in [0.25, 0.3) is 0 Å². The van der Waals surface area contributed by atoms with Crippen molar-refractivity contribution in [3.05, 3.63) is 54.0 Å². The Bertz CT molecular complexity index is 823. The van der Waals surface area contributed by atoms with Crippen molar-refractivity contribution >= 4 is 5.91 Å². The number of halogens is 1. The van der Waals surface area contributed by atoms with Gasteiger partial charge in [-0.2, -0.15) is 0 Å². The number of carbonyl (C=O) groups excluding carboxylic acids is 1. The Balaban J connectivity index is 1.39. The smallest absolute Gasteiger partial charge is 0.254 e. The Labute approximate surface area is 150 Å². The number of carbonyl (C=O) groups is 1. The monoisotopic (exact) mass is 358 g/mol. The minimum absolute atomic E-state index is 0.0124. The Morgan fingerprint density at radius 2 is 2.23 bits per heavy atom. The fraction of sp³-hybridized carbons (Fsp3) is 0.368. The number of nitrogens with zero attached hydrogens (tertiary/aromatic N) is 2. The van der Waals surface area contributed by atoms with Crippen LogP contribution in [0.2, 0.25) is 0 Å². The maximum Gasteiger partial charge on any atom is 0.254 e. The van der Waals surface area contributed by atoms with E-state index in [1.54, 1.807) is 17.0 Å². The second-order valence-corrected chi connectivity index (χ2v) is 6.71. The number of amides is 1. The van der Waals surface area contributed by atoms with Crippen LogP contribution in [0.5, 0.6) is 11.6 Å². The molecule has 1 amide bonds. The maximum absolute atomic E-state index is 13.6. The highest BCUT2D eigenvalue weighted by atomic mass is 19.1. The van der Waals surface area contributed by atoms with Crippen LogP contribution in [0.4, 0.5) is 4.39 Å². The predicted molar refractivity (Wildman–Crippen MR) is 90.5 cm³/mol. The van der Waals surface area contributed by atoms with Gasteiger partial charge in [-0.3, -0.25) is 4.79 Å². The van der Waals surface area contributed by atoms with Gasteiger partial charge in [-0.15, -0.1) is 0 Å². The molecule has 2 aliphatic heterocycles. The van der Waals surface area contributed by atoms with Crippen molar-refractivity contribution in [3.63, 3.8) is 0 Å². The number of aromatic nitrogens is 1. The number of benzene rings is 1. The van der Waals surface area contributed by atoms with Crippen LogP contribution in [-0.4, -0.2) is 52.8 Å². The first-order chi connectivity index (χ1) is 12.6. The summed E-state index contributed by atoms with van der Waals surface area (Å²) in [6.45, 7) is 1.80. The summed E-state index contributed by atoms with van der Waals surface area (Å²) in [6, 6.07) is 9.11. The molecule has 3 heterocycles. The molecule has 1 N–H and O–H groups in total. The lowest BCUT2D eigenvalue weighted by molar-refractivity contribution is -0.122. The first-order valence-corrected chi connectivity index (χ1v) is 8.53. The molecule has 2 fully saturated rings. The number of phenols is 1. The summed E-state index contributed by atoms with van der Waals surface area (Å²) in [7, 11) is 0. The third-order valence-corrected chi connectivity index (χ3v) is 5.04. The molecule has 0 saturated carbocycles. The van der Waals surface area contributed by atoms with Gasteiger partial charge in [0.2, 0.25) is 5.88 Å². The summed E-state index contributed by atoms with van der Waals surface area (Å²) in [6.07, 6.45) is 2.28. The number of phenolic OH excluding ortho intramolecular Hbond substituents is 1. The summed E-state index contributed by atoms with van der Waals surface area (Å²) in [5.41, 5.74) is -0.00113. The highest BCUT2D eigenvalue weighted by molar-refractivity contribution is 5.95. The van der Waals surface area contributed by atoms with Gasteiger partial charge in [0.25, 0.3) is 5.91 Å². The lowest BCUT2D eigenvalue weighted by Crippen LogP contribution is -2.66. The molecule has 0 bridgehead atoms. The Morgan fingerprint density at radius 1 is 1.38 bits per heavy atom. The van der Waals surface area contributed by atoms with Crippen LogP contribution in [0.3, 0.4) is 0 Å². The van der Waals surface area contributed by atoms with E-state index in [1.807, 2.05) is 0 Å². The van der Waals surface area contributed by atoms with Crippen LogP contribution in [0.15, 0.2) is 42.6 Å². The number of ether oxygens (including phenoxy) is 2.